The summed E-state index contributed by atoms with van der Waals surface area (Å²) in [5.41, 5.74) is 1.74. The van der Waals surface area contributed by atoms with Crippen LogP contribution in [0.3, 0.4) is 0 Å². The second-order valence-corrected chi connectivity index (χ2v) is 7.56. The van der Waals surface area contributed by atoms with Crippen LogP contribution in [0.4, 0.5) is 0 Å². The summed E-state index contributed by atoms with van der Waals surface area (Å²) in [7, 11) is 0. The highest BCUT2D eigenvalue weighted by molar-refractivity contribution is 7.99. The number of alkyl halides is 1. The van der Waals surface area contributed by atoms with Crippen molar-refractivity contribution in [2.24, 2.45) is 5.92 Å². The molecule has 0 saturated carbocycles. The maximum Gasteiger partial charge on any atom is 0.160 e. The van der Waals surface area contributed by atoms with Crippen molar-refractivity contribution < 1.29 is 0 Å². The van der Waals surface area contributed by atoms with Crippen molar-refractivity contribution in [2.75, 3.05) is 11.5 Å². The zero-order chi connectivity index (χ0) is 14.1. The third kappa shape index (κ3) is 2.92. The van der Waals surface area contributed by atoms with E-state index in [9.17, 15) is 0 Å². The monoisotopic (exact) mass is 329 g/mol. The highest BCUT2D eigenvalue weighted by atomic mass is 35.5. The zero-order valence-corrected chi connectivity index (χ0v) is 13.7. The number of aromatic nitrogens is 3. The van der Waals surface area contributed by atoms with E-state index in [2.05, 4.69) is 14.5 Å². The summed E-state index contributed by atoms with van der Waals surface area (Å²) >= 11 is 14.3. The number of halogens is 2. The Kier molecular flexibility index (Phi) is 4.43. The maximum atomic E-state index is 6.29. The van der Waals surface area contributed by atoms with Gasteiger partial charge in [0.2, 0.25) is 0 Å². The molecule has 6 heteroatoms. The Morgan fingerprint density at radius 3 is 2.90 bits per heavy atom. The van der Waals surface area contributed by atoms with Crippen LogP contribution in [-0.4, -0.2) is 26.0 Å². The molecule has 1 aliphatic heterocycles. The van der Waals surface area contributed by atoms with Crippen molar-refractivity contribution in [1.29, 1.82) is 0 Å². The van der Waals surface area contributed by atoms with Crippen LogP contribution in [0.2, 0.25) is 5.02 Å². The van der Waals surface area contributed by atoms with Gasteiger partial charge in [0.05, 0.1) is 10.4 Å². The van der Waals surface area contributed by atoms with E-state index >= 15 is 0 Å². The van der Waals surface area contributed by atoms with E-state index in [0.717, 1.165) is 23.5 Å². The average Bonchev–Trinajstić information content (AvgIpc) is 2.78. The molecule has 0 radical (unpaired) electrons. The summed E-state index contributed by atoms with van der Waals surface area (Å²) in [6.45, 7) is 2.91. The Morgan fingerprint density at radius 1 is 1.45 bits per heavy atom. The predicted octanol–water partition coefficient (Wildman–Crippen LogP) is 4.53. The molecule has 2 aromatic rings. The lowest BCUT2D eigenvalue weighted by Crippen LogP contribution is -2.18. The molecule has 108 valence electrons. The number of hydrogen-bond acceptors (Lipinski definition) is 3. The molecular weight excluding hydrogens is 313 g/mol. The van der Waals surface area contributed by atoms with E-state index < -0.39 is 0 Å². The second-order valence-electron chi connectivity index (χ2n) is 5.25. The van der Waals surface area contributed by atoms with Gasteiger partial charge in [0, 0.05) is 12.7 Å². The first-order valence-electron chi connectivity index (χ1n) is 6.88. The molecule has 20 heavy (non-hydrogen) atoms. The lowest BCUT2D eigenvalue weighted by molar-refractivity contribution is 0.414. The Hall–Kier alpha value is -0.450. The molecule has 0 N–H and O–H groups in total. The molecule has 0 aliphatic carbocycles. The normalized spacial score (nSPS) is 18.6. The molecule has 2 aromatic heterocycles. The van der Waals surface area contributed by atoms with Crippen LogP contribution in [0.15, 0.2) is 12.3 Å². The third-order valence-electron chi connectivity index (χ3n) is 3.72. The topological polar surface area (TPSA) is 30.7 Å². The summed E-state index contributed by atoms with van der Waals surface area (Å²) in [6.07, 6.45) is 4.20. The maximum absolute atomic E-state index is 6.29. The number of rotatable bonds is 3. The number of hydrogen-bond donors (Lipinski definition) is 0. The first kappa shape index (κ1) is 14.5. The van der Waals surface area contributed by atoms with Crippen LogP contribution in [-0.2, 0) is 6.54 Å². The molecule has 1 unspecified atom stereocenters. The highest BCUT2D eigenvalue weighted by Gasteiger charge is 2.21. The largest absolute Gasteiger partial charge is 0.311 e. The Morgan fingerprint density at radius 2 is 2.20 bits per heavy atom. The third-order valence-corrected chi connectivity index (χ3v) is 5.17. The Bertz CT molecular complexity index is 606. The molecule has 0 amide bonds. The van der Waals surface area contributed by atoms with Crippen LogP contribution in [0.1, 0.15) is 31.0 Å². The molecule has 0 bridgehead atoms. The smallest absolute Gasteiger partial charge is 0.160 e. The fourth-order valence-corrected chi connectivity index (χ4v) is 4.20. The van der Waals surface area contributed by atoms with Gasteiger partial charge in [-0.2, -0.15) is 11.8 Å². The standard InChI is InChI=1S/C14H17Cl2N3S/c1-9(15)13-18-12-6-11(16)7-17-14(12)19(13)8-10-2-4-20-5-3-10/h6-7,9-10H,2-5,8H2,1H3. The van der Waals surface area contributed by atoms with Crippen LogP contribution in [0.25, 0.3) is 11.2 Å². The van der Waals surface area contributed by atoms with Crippen molar-refractivity contribution >= 4 is 46.1 Å². The van der Waals surface area contributed by atoms with Gasteiger partial charge < -0.3 is 4.57 Å². The fraction of sp³-hybridized carbons (Fsp3) is 0.571. The van der Waals surface area contributed by atoms with Gasteiger partial charge >= 0.3 is 0 Å². The van der Waals surface area contributed by atoms with Gasteiger partial charge in [-0.05, 0) is 43.3 Å². The SMILES string of the molecule is CC(Cl)c1nc2cc(Cl)cnc2n1CC1CCSCC1. The Balaban J connectivity index is 1.99. The highest BCUT2D eigenvalue weighted by Crippen LogP contribution is 2.29. The van der Waals surface area contributed by atoms with Gasteiger partial charge in [0.15, 0.2) is 5.65 Å². The lowest BCUT2D eigenvalue weighted by Gasteiger charge is -2.23. The number of nitrogens with zero attached hydrogens (tertiary/aromatic N) is 3. The summed E-state index contributed by atoms with van der Waals surface area (Å²) < 4.78 is 2.18. The molecule has 1 atom stereocenters. The molecule has 1 aliphatic rings. The quantitative estimate of drug-likeness (QED) is 0.775. The predicted molar refractivity (Wildman–Crippen MR) is 86.9 cm³/mol. The van der Waals surface area contributed by atoms with Crippen molar-refractivity contribution in [3.63, 3.8) is 0 Å². The van der Waals surface area contributed by atoms with Crippen molar-refractivity contribution in [1.82, 2.24) is 14.5 Å². The van der Waals surface area contributed by atoms with Gasteiger partial charge in [-0.25, -0.2) is 9.97 Å². The first-order chi connectivity index (χ1) is 9.65. The average molecular weight is 330 g/mol. The van der Waals surface area contributed by atoms with E-state index in [1.54, 1.807) is 6.20 Å². The molecule has 3 rings (SSSR count). The number of pyridine rings is 1. The van der Waals surface area contributed by atoms with Gasteiger partial charge in [-0.1, -0.05) is 11.6 Å². The van der Waals surface area contributed by atoms with E-state index in [-0.39, 0.29) is 5.38 Å². The van der Waals surface area contributed by atoms with Crippen LogP contribution in [0.5, 0.6) is 0 Å². The van der Waals surface area contributed by atoms with Gasteiger partial charge in [0.1, 0.15) is 11.3 Å². The molecule has 3 heterocycles. The van der Waals surface area contributed by atoms with E-state index in [4.69, 9.17) is 23.2 Å². The number of fused-ring (bicyclic) bond motifs is 1. The summed E-state index contributed by atoms with van der Waals surface area (Å²) in [5, 5.41) is 0.492. The first-order valence-corrected chi connectivity index (χ1v) is 8.85. The second kappa shape index (κ2) is 6.12. The molecule has 1 saturated heterocycles. The minimum absolute atomic E-state index is 0.124. The number of thioether (sulfide) groups is 1. The summed E-state index contributed by atoms with van der Waals surface area (Å²) in [4.78, 5) is 9.07. The fourth-order valence-electron chi connectivity index (χ4n) is 2.67. The molecule has 0 spiro atoms. The minimum atomic E-state index is -0.124. The van der Waals surface area contributed by atoms with Crippen molar-refractivity contribution in [3.05, 3.63) is 23.1 Å². The lowest BCUT2D eigenvalue weighted by atomic mass is 10.0. The number of imidazole rings is 1. The van der Waals surface area contributed by atoms with Gasteiger partial charge in [0.25, 0.3) is 0 Å². The van der Waals surface area contributed by atoms with E-state index in [0.29, 0.717) is 10.9 Å². The van der Waals surface area contributed by atoms with Crippen LogP contribution < -0.4 is 0 Å². The Labute approximate surface area is 133 Å². The summed E-state index contributed by atoms with van der Waals surface area (Å²) in [6, 6.07) is 1.86. The van der Waals surface area contributed by atoms with Gasteiger partial charge in [-0.3, -0.25) is 0 Å². The van der Waals surface area contributed by atoms with Crippen molar-refractivity contribution in [2.45, 2.75) is 31.7 Å². The molecule has 3 nitrogen and oxygen atoms in total. The zero-order valence-electron chi connectivity index (χ0n) is 11.4. The minimum Gasteiger partial charge on any atom is -0.311 e. The van der Waals surface area contributed by atoms with E-state index in [1.165, 1.54) is 24.3 Å². The van der Waals surface area contributed by atoms with Crippen LogP contribution >= 0.6 is 35.0 Å². The van der Waals surface area contributed by atoms with Gasteiger partial charge in [-0.15, -0.1) is 11.6 Å². The summed E-state index contributed by atoms with van der Waals surface area (Å²) in [5.74, 6) is 4.10. The van der Waals surface area contributed by atoms with Crippen LogP contribution in [0, 0.1) is 5.92 Å². The molecular formula is C14H17Cl2N3S. The van der Waals surface area contributed by atoms with Crippen molar-refractivity contribution in [3.8, 4) is 0 Å². The van der Waals surface area contributed by atoms with E-state index in [1.807, 2.05) is 24.8 Å². The molecule has 0 aromatic carbocycles. The molecule has 1 fully saturated rings.